The van der Waals surface area contributed by atoms with Gasteiger partial charge in [0, 0.05) is 35.3 Å². The van der Waals surface area contributed by atoms with Crippen molar-refractivity contribution in [3.63, 3.8) is 0 Å². The van der Waals surface area contributed by atoms with Crippen LogP contribution in [0.2, 0.25) is 0 Å². The summed E-state index contributed by atoms with van der Waals surface area (Å²) in [5.74, 6) is 1.94. The van der Waals surface area contributed by atoms with E-state index >= 15 is 0 Å². The van der Waals surface area contributed by atoms with Crippen molar-refractivity contribution >= 4 is 28.1 Å². The summed E-state index contributed by atoms with van der Waals surface area (Å²) in [6, 6.07) is 15.1. The van der Waals surface area contributed by atoms with Gasteiger partial charge in [0.05, 0.1) is 25.1 Å². The van der Waals surface area contributed by atoms with Crippen molar-refractivity contribution < 1.29 is 14.6 Å². The second-order valence-corrected chi connectivity index (χ2v) is 7.00. The normalized spacial score (nSPS) is 14.4. The van der Waals surface area contributed by atoms with Crippen LogP contribution in [-0.4, -0.2) is 38.2 Å². The summed E-state index contributed by atoms with van der Waals surface area (Å²) < 4.78 is 5.35. The number of nitro groups is 1. The quantitative estimate of drug-likeness (QED) is 0.514. The number of benzene rings is 2. The predicted molar refractivity (Wildman–Crippen MR) is 109 cm³/mol. The molecule has 7 nitrogen and oxygen atoms in total. The van der Waals surface area contributed by atoms with Crippen molar-refractivity contribution in [2.45, 2.75) is 6.92 Å². The molecule has 1 aliphatic rings. The van der Waals surface area contributed by atoms with Gasteiger partial charge in [-0.1, -0.05) is 0 Å². The standard InChI is InChI=1S/C21H22N4O3/c1-15-13-21(22-20-14-18(28-2)7-8-19(15)20)24-11-9-23(10-12-24)16-3-5-17(6-4-16)25(26)27/h3-8,13-14H,9-12H2,1-2H3/p+1. The highest BCUT2D eigenvalue weighted by atomic mass is 16.6. The molecule has 1 N–H and O–H groups in total. The molecule has 0 spiro atoms. The highest BCUT2D eigenvalue weighted by Gasteiger charge is 2.25. The van der Waals surface area contributed by atoms with Crippen LogP contribution in [0.5, 0.6) is 5.75 Å². The Morgan fingerprint density at radius 3 is 2.32 bits per heavy atom. The predicted octanol–water partition coefficient (Wildman–Crippen LogP) is 3.21. The molecule has 1 aromatic heterocycles. The van der Waals surface area contributed by atoms with E-state index in [2.05, 4.69) is 33.8 Å². The van der Waals surface area contributed by atoms with Crippen molar-refractivity contribution in [3.05, 3.63) is 64.2 Å². The summed E-state index contributed by atoms with van der Waals surface area (Å²) in [7, 11) is 1.68. The Labute approximate surface area is 163 Å². The third-order valence-electron chi connectivity index (χ3n) is 5.31. The first-order chi connectivity index (χ1) is 13.5. The maximum Gasteiger partial charge on any atom is 0.275 e. The topological polar surface area (TPSA) is 73.0 Å². The number of pyridine rings is 1. The summed E-state index contributed by atoms with van der Waals surface area (Å²) in [4.78, 5) is 18.6. The van der Waals surface area contributed by atoms with Gasteiger partial charge >= 0.3 is 0 Å². The molecule has 1 aliphatic heterocycles. The summed E-state index contributed by atoms with van der Waals surface area (Å²) in [6.07, 6.45) is 0. The summed E-state index contributed by atoms with van der Waals surface area (Å²) in [5.41, 5.74) is 3.43. The van der Waals surface area contributed by atoms with Crippen LogP contribution < -0.4 is 19.5 Å². The fourth-order valence-corrected chi connectivity index (χ4v) is 3.72. The van der Waals surface area contributed by atoms with Crippen LogP contribution in [0, 0.1) is 17.0 Å². The van der Waals surface area contributed by atoms with Crippen LogP contribution in [0.1, 0.15) is 5.56 Å². The third kappa shape index (κ3) is 3.43. The Hall–Kier alpha value is -3.35. The molecule has 0 amide bonds. The first-order valence-electron chi connectivity index (χ1n) is 9.30. The fourth-order valence-electron chi connectivity index (χ4n) is 3.72. The van der Waals surface area contributed by atoms with Crippen molar-refractivity contribution in [2.24, 2.45) is 0 Å². The van der Waals surface area contributed by atoms with Gasteiger partial charge in [-0.05, 0) is 36.8 Å². The van der Waals surface area contributed by atoms with E-state index in [1.807, 2.05) is 24.3 Å². The Balaban J connectivity index is 1.51. The number of piperazine rings is 1. The minimum absolute atomic E-state index is 0.124. The van der Waals surface area contributed by atoms with E-state index < -0.39 is 0 Å². The number of hydrogen-bond donors (Lipinski definition) is 0. The minimum atomic E-state index is -0.366. The van der Waals surface area contributed by atoms with Crippen LogP contribution in [0.3, 0.4) is 0 Å². The smallest absolute Gasteiger partial charge is 0.275 e. The number of nitrogens with one attached hydrogen (secondary N) is 1. The monoisotopic (exact) mass is 379 g/mol. The molecule has 0 unspecified atom stereocenters. The average molecular weight is 379 g/mol. The number of methoxy groups -OCH3 is 1. The van der Waals surface area contributed by atoms with Crippen molar-refractivity contribution in [2.75, 3.05) is 43.1 Å². The van der Waals surface area contributed by atoms with Crippen LogP contribution in [-0.2, 0) is 0 Å². The SMILES string of the molecule is COc1ccc2c(C)cc(N3CCN(c4ccc([N+](=O)[O-])cc4)CC3)[nH+]c2c1. The van der Waals surface area contributed by atoms with E-state index in [1.54, 1.807) is 19.2 Å². The number of aryl methyl sites for hydroxylation is 1. The van der Waals surface area contributed by atoms with Crippen LogP contribution in [0.15, 0.2) is 48.5 Å². The third-order valence-corrected chi connectivity index (χ3v) is 5.31. The summed E-state index contributed by atoms with van der Waals surface area (Å²) in [6.45, 7) is 5.60. The number of non-ortho nitro benzene ring substituents is 1. The van der Waals surface area contributed by atoms with Gasteiger partial charge in [-0.25, -0.2) is 4.98 Å². The molecule has 0 bridgehead atoms. The maximum atomic E-state index is 10.8. The number of nitrogens with zero attached hydrogens (tertiary/aromatic N) is 3. The number of ether oxygens (including phenoxy) is 1. The summed E-state index contributed by atoms with van der Waals surface area (Å²) >= 11 is 0. The van der Waals surface area contributed by atoms with Gasteiger partial charge in [-0.2, -0.15) is 0 Å². The second-order valence-electron chi connectivity index (χ2n) is 7.00. The molecule has 7 heteroatoms. The minimum Gasteiger partial charge on any atom is -0.497 e. The lowest BCUT2D eigenvalue weighted by atomic mass is 10.1. The molecule has 0 saturated carbocycles. The van der Waals surface area contributed by atoms with E-state index in [1.165, 1.54) is 10.9 Å². The van der Waals surface area contributed by atoms with Crippen molar-refractivity contribution in [3.8, 4) is 5.75 Å². The largest absolute Gasteiger partial charge is 0.497 e. The molecular weight excluding hydrogens is 356 g/mol. The first-order valence-corrected chi connectivity index (χ1v) is 9.30. The maximum absolute atomic E-state index is 10.8. The van der Waals surface area contributed by atoms with Gasteiger partial charge in [0.15, 0.2) is 0 Å². The first kappa shape index (κ1) is 18.0. The van der Waals surface area contributed by atoms with Crippen molar-refractivity contribution in [1.29, 1.82) is 0 Å². The summed E-state index contributed by atoms with van der Waals surface area (Å²) in [5, 5.41) is 12.0. The molecule has 2 aromatic carbocycles. The molecule has 1 fully saturated rings. The van der Waals surface area contributed by atoms with Gasteiger partial charge in [0.1, 0.15) is 24.4 Å². The van der Waals surface area contributed by atoms with E-state index in [-0.39, 0.29) is 10.6 Å². The van der Waals surface area contributed by atoms with E-state index in [4.69, 9.17) is 4.74 Å². The zero-order valence-electron chi connectivity index (χ0n) is 16.0. The lowest BCUT2D eigenvalue weighted by molar-refractivity contribution is -0.384. The fraction of sp³-hybridized carbons (Fsp3) is 0.286. The lowest BCUT2D eigenvalue weighted by Crippen LogP contribution is -2.48. The number of fused-ring (bicyclic) bond motifs is 1. The molecule has 144 valence electrons. The van der Waals surface area contributed by atoms with Gasteiger partial charge in [-0.3, -0.25) is 15.0 Å². The van der Waals surface area contributed by atoms with Gasteiger partial charge in [0.25, 0.3) is 11.5 Å². The zero-order valence-corrected chi connectivity index (χ0v) is 16.0. The number of aromatic amines is 1. The molecule has 0 radical (unpaired) electrons. The van der Waals surface area contributed by atoms with Gasteiger partial charge < -0.3 is 9.64 Å². The molecule has 0 aliphatic carbocycles. The highest BCUT2D eigenvalue weighted by molar-refractivity contribution is 5.81. The number of anilines is 2. The molecule has 0 atom stereocenters. The molecule has 3 aromatic rings. The van der Waals surface area contributed by atoms with Crippen LogP contribution in [0.4, 0.5) is 17.2 Å². The zero-order chi connectivity index (χ0) is 19.7. The molecule has 2 heterocycles. The number of H-pyrrole nitrogens is 1. The Bertz CT molecular complexity index is 1010. The number of hydrogen-bond acceptors (Lipinski definition) is 5. The Morgan fingerprint density at radius 1 is 1.00 bits per heavy atom. The average Bonchev–Trinajstić information content (AvgIpc) is 2.73. The van der Waals surface area contributed by atoms with Gasteiger partial charge in [-0.15, -0.1) is 0 Å². The molecule has 1 saturated heterocycles. The lowest BCUT2D eigenvalue weighted by Gasteiger charge is -2.32. The van der Waals surface area contributed by atoms with Crippen molar-refractivity contribution in [1.82, 2.24) is 0 Å². The van der Waals surface area contributed by atoms with E-state index in [9.17, 15) is 10.1 Å². The van der Waals surface area contributed by atoms with Crippen LogP contribution in [0.25, 0.3) is 10.9 Å². The second kappa shape index (κ2) is 7.34. The highest BCUT2D eigenvalue weighted by Crippen LogP contribution is 2.25. The molecule has 28 heavy (non-hydrogen) atoms. The number of nitro benzene ring substituents is 1. The van der Waals surface area contributed by atoms with E-state index in [0.717, 1.165) is 49.0 Å². The Morgan fingerprint density at radius 2 is 1.68 bits per heavy atom. The number of aromatic nitrogens is 1. The molecule has 4 rings (SSSR count). The van der Waals surface area contributed by atoms with E-state index in [0.29, 0.717) is 0 Å². The van der Waals surface area contributed by atoms with Crippen LogP contribution >= 0.6 is 0 Å². The Kier molecular flexibility index (Phi) is 4.73. The number of rotatable bonds is 4. The van der Waals surface area contributed by atoms with Gasteiger partial charge in [0.2, 0.25) is 0 Å². The molecular formula is C21H23N4O3+.